The minimum atomic E-state index is -0.309. The third-order valence-corrected chi connectivity index (χ3v) is 3.06. The molecule has 0 aromatic heterocycles. The maximum Gasteiger partial charge on any atom is 0.330 e. The van der Waals surface area contributed by atoms with E-state index in [2.05, 4.69) is 0 Å². The van der Waals surface area contributed by atoms with E-state index in [4.69, 9.17) is 4.74 Å². The lowest BCUT2D eigenvalue weighted by molar-refractivity contribution is -0.138. The van der Waals surface area contributed by atoms with Gasteiger partial charge in [0, 0.05) is 12.0 Å². The van der Waals surface area contributed by atoms with Crippen molar-refractivity contribution < 1.29 is 9.53 Å². The second-order valence-corrected chi connectivity index (χ2v) is 4.69. The Hall–Kier alpha value is -2.35. The summed E-state index contributed by atoms with van der Waals surface area (Å²) < 4.78 is 5.25. The molecule has 2 aromatic carbocycles. The first-order valence-corrected chi connectivity index (χ1v) is 6.70. The van der Waals surface area contributed by atoms with Gasteiger partial charge in [-0.1, -0.05) is 67.6 Å². The molecule has 1 atom stereocenters. The molecular formula is C18H18O2. The van der Waals surface area contributed by atoms with Crippen LogP contribution >= 0.6 is 0 Å². The minimum absolute atomic E-state index is 0.199. The lowest BCUT2D eigenvalue weighted by Gasteiger charge is -2.11. The Morgan fingerprint density at radius 3 is 2.30 bits per heavy atom. The fourth-order valence-electron chi connectivity index (χ4n) is 1.86. The van der Waals surface area contributed by atoms with Gasteiger partial charge in [-0.15, -0.1) is 0 Å². The lowest BCUT2D eigenvalue weighted by atomic mass is 10.0. The van der Waals surface area contributed by atoms with Crippen LogP contribution in [0, 0.1) is 0 Å². The summed E-state index contributed by atoms with van der Waals surface area (Å²) in [4.78, 5) is 11.6. The van der Waals surface area contributed by atoms with Crippen LogP contribution in [0.25, 0.3) is 6.08 Å². The van der Waals surface area contributed by atoms with Gasteiger partial charge in [0.1, 0.15) is 0 Å². The summed E-state index contributed by atoms with van der Waals surface area (Å²) in [7, 11) is 0. The van der Waals surface area contributed by atoms with Crippen LogP contribution in [0.15, 0.2) is 66.7 Å². The summed E-state index contributed by atoms with van der Waals surface area (Å²) >= 11 is 0. The SMILES string of the molecule is CC(COC(=O)/C=C/c1ccccc1)c1ccccc1. The molecule has 0 heterocycles. The van der Waals surface area contributed by atoms with E-state index in [-0.39, 0.29) is 11.9 Å². The molecule has 0 amide bonds. The van der Waals surface area contributed by atoms with E-state index in [1.165, 1.54) is 11.6 Å². The molecule has 0 saturated carbocycles. The van der Waals surface area contributed by atoms with Crippen LogP contribution in [-0.4, -0.2) is 12.6 Å². The number of ether oxygens (including phenoxy) is 1. The zero-order valence-electron chi connectivity index (χ0n) is 11.5. The Labute approximate surface area is 119 Å². The maximum absolute atomic E-state index is 11.6. The number of benzene rings is 2. The Bertz CT molecular complexity index is 558. The molecule has 0 aliphatic rings. The largest absolute Gasteiger partial charge is 0.462 e. The highest BCUT2D eigenvalue weighted by atomic mass is 16.5. The molecular weight excluding hydrogens is 248 g/mol. The predicted molar refractivity (Wildman–Crippen MR) is 81.3 cm³/mol. The van der Waals surface area contributed by atoms with Crippen LogP contribution in [0.2, 0.25) is 0 Å². The molecule has 0 aliphatic carbocycles. The van der Waals surface area contributed by atoms with Gasteiger partial charge < -0.3 is 4.74 Å². The standard InChI is InChI=1S/C18H18O2/c1-15(17-10-6-3-7-11-17)14-20-18(19)13-12-16-8-4-2-5-9-16/h2-13,15H,14H2,1H3/b13-12+. The van der Waals surface area contributed by atoms with Crippen molar-refractivity contribution in [3.8, 4) is 0 Å². The number of carbonyl (C=O) groups is 1. The van der Waals surface area contributed by atoms with Crippen LogP contribution in [0.1, 0.15) is 24.0 Å². The van der Waals surface area contributed by atoms with Gasteiger partial charge >= 0.3 is 5.97 Å². The molecule has 0 radical (unpaired) electrons. The predicted octanol–water partition coefficient (Wildman–Crippen LogP) is 4.05. The first-order valence-electron chi connectivity index (χ1n) is 6.70. The van der Waals surface area contributed by atoms with Gasteiger partial charge in [-0.3, -0.25) is 0 Å². The van der Waals surface area contributed by atoms with Crippen LogP contribution in [0.5, 0.6) is 0 Å². The van der Waals surface area contributed by atoms with Crippen LogP contribution in [-0.2, 0) is 9.53 Å². The molecule has 0 bridgehead atoms. The molecule has 0 saturated heterocycles. The van der Waals surface area contributed by atoms with E-state index < -0.39 is 0 Å². The zero-order chi connectivity index (χ0) is 14.2. The van der Waals surface area contributed by atoms with Crippen LogP contribution in [0.3, 0.4) is 0 Å². The molecule has 0 spiro atoms. The van der Waals surface area contributed by atoms with Gasteiger partial charge in [0.25, 0.3) is 0 Å². The first kappa shape index (κ1) is 14.1. The Kier molecular flexibility index (Phi) is 5.13. The number of hydrogen-bond donors (Lipinski definition) is 0. The maximum atomic E-state index is 11.6. The van der Waals surface area contributed by atoms with Gasteiger partial charge in [-0.2, -0.15) is 0 Å². The molecule has 102 valence electrons. The van der Waals surface area contributed by atoms with Crippen molar-refractivity contribution in [3.63, 3.8) is 0 Å². The fraction of sp³-hybridized carbons (Fsp3) is 0.167. The van der Waals surface area contributed by atoms with Gasteiger partial charge in [0.2, 0.25) is 0 Å². The number of esters is 1. The van der Waals surface area contributed by atoms with Crippen molar-refractivity contribution in [2.45, 2.75) is 12.8 Å². The Morgan fingerprint density at radius 2 is 1.65 bits per heavy atom. The molecule has 2 rings (SSSR count). The van der Waals surface area contributed by atoms with Crippen molar-refractivity contribution in [1.82, 2.24) is 0 Å². The van der Waals surface area contributed by atoms with E-state index in [0.717, 1.165) is 5.56 Å². The van der Waals surface area contributed by atoms with Gasteiger partial charge in [0.05, 0.1) is 6.61 Å². The molecule has 2 heteroatoms. The van der Waals surface area contributed by atoms with Crippen LogP contribution < -0.4 is 0 Å². The second kappa shape index (κ2) is 7.29. The normalized spacial score (nSPS) is 12.2. The average molecular weight is 266 g/mol. The number of rotatable bonds is 5. The van der Waals surface area contributed by atoms with Crippen molar-refractivity contribution in [3.05, 3.63) is 77.9 Å². The zero-order valence-corrected chi connectivity index (χ0v) is 11.5. The monoisotopic (exact) mass is 266 g/mol. The third-order valence-electron chi connectivity index (χ3n) is 3.06. The fourth-order valence-corrected chi connectivity index (χ4v) is 1.86. The molecule has 0 N–H and O–H groups in total. The Balaban J connectivity index is 1.82. The molecule has 2 aromatic rings. The van der Waals surface area contributed by atoms with E-state index >= 15 is 0 Å². The van der Waals surface area contributed by atoms with E-state index in [1.807, 2.05) is 67.6 Å². The summed E-state index contributed by atoms with van der Waals surface area (Å²) in [6, 6.07) is 19.7. The van der Waals surface area contributed by atoms with Crippen LogP contribution in [0.4, 0.5) is 0 Å². The molecule has 1 unspecified atom stereocenters. The van der Waals surface area contributed by atoms with Crippen molar-refractivity contribution in [2.75, 3.05) is 6.61 Å². The molecule has 2 nitrogen and oxygen atoms in total. The van der Waals surface area contributed by atoms with Gasteiger partial charge in [-0.05, 0) is 17.2 Å². The average Bonchev–Trinajstić information content (AvgIpc) is 2.52. The summed E-state index contributed by atoms with van der Waals surface area (Å²) in [5.74, 6) is -0.109. The minimum Gasteiger partial charge on any atom is -0.462 e. The highest BCUT2D eigenvalue weighted by molar-refractivity contribution is 5.87. The summed E-state index contributed by atoms with van der Waals surface area (Å²) in [5, 5.41) is 0. The quantitative estimate of drug-likeness (QED) is 0.603. The summed E-state index contributed by atoms with van der Waals surface area (Å²) in [6.45, 7) is 2.44. The van der Waals surface area contributed by atoms with E-state index in [1.54, 1.807) is 6.08 Å². The summed E-state index contributed by atoms with van der Waals surface area (Å²) in [6.07, 6.45) is 3.22. The topological polar surface area (TPSA) is 26.3 Å². The molecule has 0 aliphatic heterocycles. The highest BCUT2D eigenvalue weighted by Crippen LogP contribution is 2.14. The molecule has 20 heavy (non-hydrogen) atoms. The molecule has 0 fully saturated rings. The van der Waals surface area contributed by atoms with E-state index in [0.29, 0.717) is 6.61 Å². The number of hydrogen-bond acceptors (Lipinski definition) is 2. The Morgan fingerprint density at radius 1 is 1.05 bits per heavy atom. The van der Waals surface area contributed by atoms with Gasteiger partial charge in [-0.25, -0.2) is 4.79 Å². The van der Waals surface area contributed by atoms with Crippen molar-refractivity contribution in [1.29, 1.82) is 0 Å². The highest BCUT2D eigenvalue weighted by Gasteiger charge is 2.07. The smallest absolute Gasteiger partial charge is 0.330 e. The summed E-state index contributed by atoms with van der Waals surface area (Å²) in [5.41, 5.74) is 2.16. The first-order chi connectivity index (χ1) is 9.75. The number of carbonyl (C=O) groups excluding carboxylic acids is 1. The van der Waals surface area contributed by atoms with Crippen molar-refractivity contribution in [2.24, 2.45) is 0 Å². The van der Waals surface area contributed by atoms with E-state index in [9.17, 15) is 4.79 Å². The third kappa shape index (κ3) is 4.39. The van der Waals surface area contributed by atoms with Crippen molar-refractivity contribution >= 4 is 12.0 Å². The second-order valence-electron chi connectivity index (χ2n) is 4.69. The lowest BCUT2D eigenvalue weighted by Crippen LogP contribution is -2.08. The van der Waals surface area contributed by atoms with Gasteiger partial charge in [0.15, 0.2) is 0 Å².